The molecule has 1 aliphatic heterocycles. The van der Waals surface area contributed by atoms with Crippen LogP contribution in [0.5, 0.6) is 0 Å². The van der Waals surface area contributed by atoms with Gasteiger partial charge in [0.1, 0.15) is 0 Å². The van der Waals surface area contributed by atoms with Gasteiger partial charge in [-0.15, -0.1) is 12.4 Å². The maximum atomic E-state index is 11.8. The molecule has 2 aliphatic rings. The average molecular weight is 247 g/mol. The first kappa shape index (κ1) is 13.8. The summed E-state index contributed by atoms with van der Waals surface area (Å²) >= 11 is 0. The first-order chi connectivity index (χ1) is 6.93. The number of nitrogens with two attached hydrogens (primary N) is 1. The number of rotatable bonds is 3. The molecule has 2 rings (SSSR count). The van der Waals surface area contributed by atoms with Gasteiger partial charge in [-0.2, -0.15) is 0 Å². The maximum Gasteiger partial charge on any atom is 0.222 e. The fourth-order valence-electron chi connectivity index (χ4n) is 2.84. The minimum atomic E-state index is 0. The highest BCUT2D eigenvalue weighted by Crippen LogP contribution is 2.61. The second kappa shape index (κ2) is 4.53. The monoisotopic (exact) mass is 246 g/mol. The summed E-state index contributed by atoms with van der Waals surface area (Å²) in [6.07, 6.45) is 1.44. The Labute approximate surface area is 104 Å². The Morgan fingerprint density at radius 3 is 2.38 bits per heavy atom. The summed E-state index contributed by atoms with van der Waals surface area (Å²) in [5.74, 6) is 1.82. The molecular formula is C12H23ClN2O. The van der Waals surface area contributed by atoms with Gasteiger partial charge in [0.05, 0.1) is 0 Å². The normalized spacial score (nSPS) is 31.6. The van der Waals surface area contributed by atoms with E-state index in [1.165, 1.54) is 0 Å². The molecule has 1 heterocycles. The molecule has 3 atom stereocenters. The number of nitrogens with zero attached hydrogens (tertiary/aromatic N) is 1. The Hall–Kier alpha value is -0.280. The third-order valence-electron chi connectivity index (χ3n) is 4.29. The lowest BCUT2D eigenvalue weighted by atomic mass is 10.1. The maximum absolute atomic E-state index is 11.8. The van der Waals surface area contributed by atoms with Crippen LogP contribution in [0.25, 0.3) is 0 Å². The zero-order chi connectivity index (χ0) is 11.2. The van der Waals surface area contributed by atoms with E-state index in [4.69, 9.17) is 5.73 Å². The third-order valence-corrected chi connectivity index (χ3v) is 4.29. The summed E-state index contributed by atoms with van der Waals surface area (Å²) in [5.41, 5.74) is 6.15. The van der Waals surface area contributed by atoms with E-state index >= 15 is 0 Å². The molecular weight excluding hydrogens is 224 g/mol. The van der Waals surface area contributed by atoms with Crippen molar-refractivity contribution in [2.45, 2.75) is 39.7 Å². The molecule has 1 saturated carbocycles. The number of fused-ring (bicyclic) bond motifs is 1. The standard InChI is InChI=1S/C12H22N2O.ClH/c1-8(13)4-5-11(15)14-6-9-10(7-14)12(9,2)3;/h8-10H,4-7,13H2,1-3H3;1H. The molecule has 94 valence electrons. The predicted molar refractivity (Wildman–Crippen MR) is 67.5 cm³/mol. The molecule has 0 radical (unpaired) electrons. The minimum Gasteiger partial charge on any atom is -0.342 e. The SMILES string of the molecule is CC(N)CCC(=O)N1CC2C(C1)C2(C)C.Cl. The number of hydrogen-bond donors (Lipinski definition) is 1. The van der Waals surface area contributed by atoms with Crippen LogP contribution in [-0.2, 0) is 4.79 Å². The van der Waals surface area contributed by atoms with Crippen LogP contribution in [0.15, 0.2) is 0 Å². The van der Waals surface area contributed by atoms with E-state index in [0.29, 0.717) is 17.7 Å². The van der Waals surface area contributed by atoms with Crippen LogP contribution in [0.3, 0.4) is 0 Å². The van der Waals surface area contributed by atoms with Gasteiger partial charge in [-0.25, -0.2) is 0 Å². The Balaban J connectivity index is 0.00000128. The van der Waals surface area contributed by atoms with Crippen molar-refractivity contribution in [3.05, 3.63) is 0 Å². The number of halogens is 1. The topological polar surface area (TPSA) is 46.3 Å². The van der Waals surface area contributed by atoms with Crippen molar-refractivity contribution in [3.8, 4) is 0 Å². The molecule has 1 amide bonds. The fraction of sp³-hybridized carbons (Fsp3) is 0.917. The molecule has 1 saturated heterocycles. The number of piperidine rings is 1. The molecule has 2 fully saturated rings. The van der Waals surface area contributed by atoms with Crippen LogP contribution >= 0.6 is 12.4 Å². The van der Waals surface area contributed by atoms with E-state index in [1.54, 1.807) is 0 Å². The van der Waals surface area contributed by atoms with Crippen LogP contribution in [-0.4, -0.2) is 29.9 Å². The fourth-order valence-corrected chi connectivity index (χ4v) is 2.84. The van der Waals surface area contributed by atoms with Crippen molar-refractivity contribution in [2.75, 3.05) is 13.1 Å². The quantitative estimate of drug-likeness (QED) is 0.823. The number of likely N-dealkylation sites (tertiary alicyclic amines) is 1. The van der Waals surface area contributed by atoms with Crippen molar-refractivity contribution in [1.82, 2.24) is 4.90 Å². The smallest absolute Gasteiger partial charge is 0.222 e. The van der Waals surface area contributed by atoms with Gasteiger partial charge in [0.15, 0.2) is 0 Å². The molecule has 0 bridgehead atoms. The molecule has 4 heteroatoms. The highest BCUT2D eigenvalue weighted by Gasteiger charge is 2.62. The Bertz CT molecular complexity index is 264. The van der Waals surface area contributed by atoms with Crippen LogP contribution in [0, 0.1) is 17.3 Å². The first-order valence-electron chi connectivity index (χ1n) is 5.96. The van der Waals surface area contributed by atoms with E-state index in [0.717, 1.165) is 31.3 Å². The summed E-state index contributed by atoms with van der Waals surface area (Å²) in [4.78, 5) is 13.8. The van der Waals surface area contributed by atoms with Crippen LogP contribution in [0.4, 0.5) is 0 Å². The summed E-state index contributed by atoms with van der Waals surface area (Å²) < 4.78 is 0. The second-order valence-corrected chi connectivity index (χ2v) is 5.85. The van der Waals surface area contributed by atoms with E-state index in [2.05, 4.69) is 13.8 Å². The van der Waals surface area contributed by atoms with Gasteiger partial charge in [-0.1, -0.05) is 13.8 Å². The highest BCUT2D eigenvalue weighted by molar-refractivity contribution is 5.85. The third kappa shape index (κ3) is 2.35. The first-order valence-corrected chi connectivity index (χ1v) is 5.96. The Kier molecular flexibility index (Phi) is 3.91. The Morgan fingerprint density at radius 1 is 1.44 bits per heavy atom. The lowest BCUT2D eigenvalue weighted by molar-refractivity contribution is -0.131. The lowest BCUT2D eigenvalue weighted by Crippen LogP contribution is -2.33. The molecule has 2 N–H and O–H groups in total. The molecule has 0 aromatic carbocycles. The van der Waals surface area contributed by atoms with Gasteiger partial charge in [0.2, 0.25) is 5.91 Å². The minimum absolute atomic E-state index is 0. The van der Waals surface area contributed by atoms with Crippen LogP contribution in [0.1, 0.15) is 33.6 Å². The van der Waals surface area contributed by atoms with E-state index in [9.17, 15) is 4.79 Å². The lowest BCUT2D eigenvalue weighted by Gasteiger charge is -2.22. The van der Waals surface area contributed by atoms with Crippen molar-refractivity contribution in [2.24, 2.45) is 23.0 Å². The van der Waals surface area contributed by atoms with Gasteiger partial charge >= 0.3 is 0 Å². The summed E-state index contributed by atoms with van der Waals surface area (Å²) in [6.45, 7) is 8.54. The zero-order valence-electron chi connectivity index (χ0n) is 10.4. The van der Waals surface area contributed by atoms with Gasteiger partial charge in [-0.3, -0.25) is 4.79 Å². The van der Waals surface area contributed by atoms with Crippen molar-refractivity contribution >= 4 is 18.3 Å². The number of amides is 1. The summed E-state index contributed by atoms with van der Waals surface area (Å²) in [6, 6.07) is 0.141. The molecule has 3 unspecified atom stereocenters. The van der Waals surface area contributed by atoms with Crippen molar-refractivity contribution in [3.63, 3.8) is 0 Å². The van der Waals surface area contributed by atoms with E-state index < -0.39 is 0 Å². The van der Waals surface area contributed by atoms with E-state index in [-0.39, 0.29) is 18.4 Å². The molecule has 0 aromatic rings. The van der Waals surface area contributed by atoms with Gasteiger partial charge in [0.25, 0.3) is 0 Å². The number of hydrogen-bond acceptors (Lipinski definition) is 2. The summed E-state index contributed by atoms with van der Waals surface area (Å²) in [7, 11) is 0. The summed E-state index contributed by atoms with van der Waals surface area (Å²) in [5, 5.41) is 0. The Morgan fingerprint density at radius 2 is 1.94 bits per heavy atom. The largest absolute Gasteiger partial charge is 0.342 e. The molecule has 0 aromatic heterocycles. The van der Waals surface area contributed by atoms with Gasteiger partial charge < -0.3 is 10.6 Å². The zero-order valence-corrected chi connectivity index (χ0v) is 11.2. The number of carbonyl (C=O) groups is 1. The molecule has 16 heavy (non-hydrogen) atoms. The second-order valence-electron chi connectivity index (χ2n) is 5.85. The molecule has 1 aliphatic carbocycles. The van der Waals surface area contributed by atoms with Gasteiger partial charge in [0, 0.05) is 25.6 Å². The highest BCUT2D eigenvalue weighted by atomic mass is 35.5. The van der Waals surface area contributed by atoms with Crippen LogP contribution in [0.2, 0.25) is 0 Å². The van der Waals surface area contributed by atoms with E-state index in [1.807, 2.05) is 11.8 Å². The van der Waals surface area contributed by atoms with Crippen LogP contribution < -0.4 is 5.73 Å². The van der Waals surface area contributed by atoms with Gasteiger partial charge in [-0.05, 0) is 30.6 Å². The predicted octanol–water partition coefficient (Wildman–Crippen LogP) is 1.65. The average Bonchev–Trinajstić information content (AvgIpc) is 2.55. The van der Waals surface area contributed by atoms with Crippen molar-refractivity contribution in [1.29, 1.82) is 0 Å². The molecule has 0 spiro atoms. The molecule has 3 nitrogen and oxygen atoms in total. The van der Waals surface area contributed by atoms with Crippen molar-refractivity contribution < 1.29 is 4.79 Å². The number of carbonyl (C=O) groups excluding carboxylic acids is 1.